The van der Waals surface area contributed by atoms with Crippen LogP contribution < -0.4 is 0 Å². The smallest absolute Gasteiger partial charge is 0.111 e. The molecular weight excluding hydrogens is 1140 g/mol. The van der Waals surface area contributed by atoms with Gasteiger partial charge in [0.15, 0.2) is 0 Å². The quantitative estimate of drug-likeness (QED) is 0.0294. The third-order valence-electron chi connectivity index (χ3n) is 13.1. The van der Waals surface area contributed by atoms with Gasteiger partial charge in [-0.05, 0) is 0 Å². The molecular formula is C56H98O29. The lowest BCUT2D eigenvalue weighted by atomic mass is 10.3. The third kappa shape index (κ3) is 39.7. The van der Waals surface area contributed by atoms with Crippen molar-refractivity contribution < 1.29 is 138 Å². The molecule has 0 saturated carbocycles. The highest BCUT2D eigenvalue weighted by atomic mass is 17.2. The maximum Gasteiger partial charge on any atom is 0.111 e. The van der Waals surface area contributed by atoms with E-state index in [-0.39, 0.29) is 128 Å². The van der Waals surface area contributed by atoms with Crippen LogP contribution in [0.5, 0.6) is 0 Å². The second-order valence-corrected chi connectivity index (χ2v) is 21.5. The molecule has 8 saturated heterocycles. The molecule has 0 N–H and O–H groups in total. The highest BCUT2D eigenvalue weighted by Gasteiger charge is 2.29. The van der Waals surface area contributed by atoms with Crippen molar-refractivity contribution in [3.8, 4) is 0 Å². The van der Waals surface area contributed by atoms with Crippen LogP contribution in [0.4, 0.5) is 0 Å². The number of hydrogen-bond donors (Lipinski definition) is 0. The van der Waals surface area contributed by atoms with Crippen molar-refractivity contribution >= 4 is 0 Å². The Kier molecular flexibility index (Phi) is 36.4. The topological polar surface area (TPSA) is 294 Å². The Balaban J connectivity index is 0.793. The van der Waals surface area contributed by atoms with Crippen molar-refractivity contribution in [2.75, 3.05) is 277 Å². The number of hydrogen-bond acceptors (Lipinski definition) is 29. The minimum absolute atomic E-state index is 0.0574. The van der Waals surface area contributed by atoms with Crippen molar-refractivity contribution in [1.29, 1.82) is 0 Å². The molecule has 29 heteroatoms. The van der Waals surface area contributed by atoms with Gasteiger partial charge in [-0.1, -0.05) is 0 Å². The molecule has 0 radical (unpaired) electrons. The standard InChI is InChI=1S/C56H98O29/c1(2-58-16-48-33-76-48)57-15-43(70-9-3-59-17-49-34-77-49)23-65-24-44(71-10-4-60-18-50-35-78-50)25-66-26-45(72-11-5-61-19-51-36-79-51)27-67-28-46(73-12-6-62-20-52-37-80-52)29-68-30-47(74-13-7-63-21-53-38-81-53)31-69-32-55(41-84-85-42-56-40-83-56)75-14-8-64-22-54-39-82-54/h43-56H,1-42H2. The van der Waals surface area contributed by atoms with Gasteiger partial charge in [-0.15, -0.1) is 0 Å². The second-order valence-electron chi connectivity index (χ2n) is 21.5. The van der Waals surface area contributed by atoms with E-state index in [1.807, 2.05) is 0 Å². The minimum Gasteiger partial charge on any atom is -0.376 e. The lowest BCUT2D eigenvalue weighted by Gasteiger charge is -2.24. The fraction of sp³-hybridized carbons (Fsp3) is 1.00. The molecule has 29 nitrogen and oxygen atoms in total. The SMILES string of the molecule is C(COCC1CO1)OCC(COCC(COCC(COCC(COCC(COCC(COOCC1CO1)OCCOCC1CO1)OCCOCC1CO1)OCCOCC1CO1)OCCOCC1CO1)OCCOCC1CO1)OCCOCC1CO1. The van der Waals surface area contributed by atoms with E-state index in [0.717, 1.165) is 19.8 Å². The largest absolute Gasteiger partial charge is 0.376 e. The summed E-state index contributed by atoms with van der Waals surface area (Å²) in [5, 5.41) is 0. The zero-order chi connectivity index (χ0) is 58.3. The van der Waals surface area contributed by atoms with Crippen molar-refractivity contribution in [3.05, 3.63) is 0 Å². The van der Waals surface area contributed by atoms with Crippen LogP contribution in [0.25, 0.3) is 0 Å². The predicted octanol–water partition coefficient (Wildman–Crippen LogP) is -1.35. The van der Waals surface area contributed by atoms with Gasteiger partial charge in [-0.2, -0.15) is 0 Å². The van der Waals surface area contributed by atoms with E-state index in [4.69, 9.17) is 138 Å². The Morgan fingerprint density at radius 2 is 0.365 bits per heavy atom. The summed E-state index contributed by atoms with van der Waals surface area (Å²) < 4.78 is 157. The van der Waals surface area contributed by atoms with Gasteiger partial charge >= 0.3 is 0 Å². The summed E-state index contributed by atoms with van der Waals surface area (Å²) >= 11 is 0. The number of ether oxygens (including phenoxy) is 27. The molecule has 0 amide bonds. The second kappa shape index (κ2) is 44.4. The first-order valence-electron chi connectivity index (χ1n) is 30.5. The Morgan fingerprint density at radius 3 is 0.588 bits per heavy atom. The van der Waals surface area contributed by atoms with Gasteiger partial charge in [0.1, 0.15) is 98.7 Å². The van der Waals surface area contributed by atoms with E-state index < -0.39 is 30.5 Å². The predicted molar refractivity (Wildman–Crippen MR) is 289 cm³/mol. The van der Waals surface area contributed by atoms with Crippen molar-refractivity contribution in [1.82, 2.24) is 0 Å². The summed E-state index contributed by atoms with van der Waals surface area (Å²) in [5.74, 6) is 0. The maximum atomic E-state index is 6.34. The molecule has 0 aromatic heterocycles. The lowest BCUT2D eigenvalue weighted by Crippen LogP contribution is -2.36. The number of epoxide rings is 8. The van der Waals surface area contributed by atoms with E-state index in [1.54, 1.807) is 0 Å². The third-order valence-corrected chi connectivity index (χ3v) is 13.1. The van der Waals surface area contributed by atoms with Crippen LogP contribution in [0.15, 0.2) is 0 Å². The normalized spacial score (nSPS) is 26.3. The highest BCUT2D eigenvalue weighted by Crippen LogP contribution is 2.15. The average molecular weight is 1240 g/mol. The molecule has 0 aromatic rings. The molecule has 8 heterocycles. The molecule has 8 fully saturated rings. The van der Waals surface area contributed by atoms with Crippen LogP contribution in [0.1, 0.15) is 0 Å². The fourth-order valence-corrected chi connectivity index (χ4v) is 7.56. The van der Waals surface area contributed by atoms with Gasteiger partial charge in [0, 0.05) is 0 Å². The van der Waals surface area contributed by atoms with E-state index in [2.05, 4.69) is 0 Å². The average Bonchev–Trinajstić information content (AvgIpc) is 4.33. The summed E-state index contributed by atoms with van der Waals surface area (Å²) in [6.45, 7) is 17.2. The summed E-state index contributed by atoms with van der Waals surface area (Å²) in [7, 11) is 0. The molecule has 8 aliphatic rings. The molecule has 8 aliphatic heterocycles. The van der Waals surface area contributed by atoms with Gasteiger partial charge in [0.05, 0.1) is 264 Å². The minimum atomic E-state index is -0.486. The summed E-state index contributed by atoms with van der Waals surface area (Å²) in [6, 6.07) is 0. The van der Waals surface area contributed by atoms with Crippen molar-refractivity contribution in [3.63, 3.8) is 0 Å². The maximum absolute atomic E-state index is 6.34. The highest BCUT2D eigenvalue weighted by molar-refractivity contribution is 4.73. The zero-order valence-electron chi connectivity index (χ0n) is 49.6. The molecule has 0 bridgehead atoms. The fourth-order valence-electron chi connectivity index (χ4n) is 7.56. The van der Waals surface area contributed by atoms with Gasteiger partial charge in [-0.3, -0.25) is 0 Å². The van der Waals surface area contributed by atoms with Crippen LogP contribution in [0.2, 0.25) is 0 Å². The van der Waals surface area contributed by atoms with E-state index in [9.17, 15) is 0 Å². The van der Waals surface area contributed by atoms with Crippen molar-refractivity contribution in [2.24, 2.45) is 0 Å². The summed E-state index contributed by atoms with van der Waals surface area (Å²) in [6.07, 6.45) is -1.56. The zero-order valence-corrected chi connectivity index (χ0v) is 49.6. The molecule has 8 rings (SSSR count). The molecule has 0 aliphatic carbocycles. The van der Waals surface area contributed by atoms with Crippen molar-refractivity contribution in [2.45, 2.75) is 85.5 Å². The monoisotopic (exact) mass is 1230 g/mol. The van der Waals surface area contributed by atoms with Gasteiger partial charge in [-0.25, -0.2) is 9.78 Å². The van der Waals surface area contributed by atoms with Gasteiger partial charge in [0.25, 0.3) is 0 Å². The molecule has 85 heavy (non-hydrogen) atoms. The molecule has 14 unspecified atom stereocenters. The first-order chi connectivity index (χ1) is 42.1. The van der Waals surface area contributed by atoms with E-state index in [1.165, 1.54) is 0 Å². The number of rotatable bonds is 68. The summed E-state index contributed by atoms with van der Waals surface area (Å²) in [5.41, 5.74) is 0. The molecule has 14 atom stereocenters. The Bertz CT molecular complexity index is 1590. The van der Waals surface area contributed by atoms with Crippen LogP contribution >= 0.6 is 0 Å². The van der Waals surface area contributed by atoms with Crippen LogP contribution in [-0.4, -0.2) is 363 Å². The van der Waals surface area contributed by atoms with Crippen LogP contribution in [-0.2, 0) is 138 Å². The Labute approximate surface area is 499 Å². The van der Waals surface area contributed by atoms with E-state index >= 15 is 0 Å². The van der Waals surface area contributed by atoms with Crippen LogP contribution in [0, 0.1) is 0 Å². The Morgan fingerprint density at radius 1 is 0.188 bits per heavy atom. The molecule has 0 spiro atoms. The van der Waals surface area contributed by atoms with Gasteiger partial charge in [0.2, 0.25) is 0 Å². The van der Waals surface area contributed by atoms with E-state index in [0.29, 0.717) is 185 Å². The first kappa shape index (κ1) is 69.7. The van der Waals surface area contributed by atoms with Gasteiger partial charge < -0.3 is 128 Å². The first-order valence-corrected chi connectivity index (χ1v) is 30.5. The molecule has 0 aromatic carbocycles. The molecule has 496 valence electrons. The lowest BCUT2D eigenvalue weighted by molar-refractivity contribution is -0.311. The Hall–Kier alpha value is -1.16. The summed E-state index contributed by atoms with van der Waals surface area (Å²) in [4.78, 5) is 10.8. The van der Waals surface area contributed by atoms with Crippen LogP contribution in [0.3, 0.4) is 0 Å².